The molecule has 0 saturated carbocycles. The van der Waals surface area contributed by atoms with Crippen molar-refractivity contribution in [2.75, 3.05) is 0 Å². The van der Waals surface area contributed by atoms with Crippen LogP contribution in [0.2, 0.25) is 0 Å². The zero-order valence-corrected chi connectivity index (χ0v) is 9.14. The number of carboxylic acid groups (broad SMARTS) is 1. The fourth-order valence-electron chi connectivity index (χ4n) is 1.59. The zero-order valence-electron chi connectivity index (χ0n) is 9.14. The first-order valence-corrected chi connectivity index (χ1v) is 5.04. The molecule has 0 fully saturated rings. The third-order valence-electron chi connectivity index (χ3n) is 2.43. The van der Waals surface area contributed by atoms with Gasteiger partial charge in [-0.3, -0.25) is 4.98 Å². The predicted molar refractivity (Wildman–Crippen MR) is 61.3 cm³/mol. The Morgan fingerprint density at radius 2 is 1.94 bits per heavy atom. The Morgan fingerprint density at radius 3 is 2.59 bits per heavy atom. The van der Waals surface area contributed by atoms with Crippen LogP contribution in [0.1, 0.15) is 16.1 Å². The molecule has 0 unspecified atom stereocenters. The highest BCUT2D eigenvalue weighted by Crippen LogP contribution is 2.22. The molecule has 0 radical (unpaired) electrons. The molecule has 4 heteroatoms. The van der Waals surface area contributed by atoms with Gasteiger partial charge in [0.1, 0.15) is 5.82 Å². The predicted octanol–water partition coefficient (Wildman–Crippen LogP) is 2.89. The first-order chi connectivity index (χ1) is 8.08. The van der Waals surface area contributed by atoms with Crippen molar-refractivity contribution in [1.29, 1.82) is 0 Å². The third kappa shape index (κ3) is 2.30. The van der Waals surface area contributed by atoms with Gasteiger partial charge in [-0.1, -0.05) is 6.07 Å². The maximum Gasteiger partial charge on any atom is 0.338 e. The lowest BCUT2D eigenvalue weighted by atomic mass is 10.0. The van der Waals surface area contributed by atoms with Crippen molar-refractivity contribution >= 4 is 5.97 Å². The highest BCUT2D eigenvalue weighted by atomic mass is 19.1. The number of aromatic nitrogens is 1. The largest absolute Gasteiger partial charge is 0.478 e. The second-order valence-electron chi connectivity index (χ2n) is 3.69. The van der Waals surface area contributed by atoms with Crippen molar-refractivity contribution in [2.24, 2.45) is 0 Å². The molecule has 3 nitrogen and oxygen atoms in total. The molecule has 1 aromatic carbocycles. The smallest absolute Gasteiger partial charge is 0.338 e. The summed E-state index contributed by atoms with van der Waals surface area (Å²) in [5.74, 6) is -2.00. The van der Waals surface area contributed by atoms with Crippen molar-refractivity contribution in [2.45, 2.75) is 6.92 Å². The van der Waals surface area contributed by atoms with E-state index in [0.29, 0.717) is 5.56 Å². The highest BCUT2D eigenvalue weighted by Gasteiger charge is 2.11. The van der Waals surface area contributed by atoms with Crippen molar-refractivity contribution in [3.8, 4) is 11.1 Å². The number of halogens is 1. The van der Waals surface area contributed by atoms with Gasteiger partial charge in [-0.2, -0.15) is 0 Å². The SMILES string of the molecule is Cc1cc(-c2ccc(F)c(C(=O)O)c2)ccn1. The molecule has 2 aromatic rings. The van der Waals surface area contributed by atoms with E-state index in [4.69, 9.17) is 5.11 Å². The average Bonchev–Trinajstić information content (AvgIpc) is 2.29. The van der Waals surface area contributed by atoms with E-state index >= 15 is 0 Å². The number of benzene rings is 1. The maximum atomic E-state index is 13.2. The molecule has 0 aliphatic carbocycles. The normalized spacial score (nSPS) is 10.2. The molecule has 0 spiro atoms. The van der Waals surface area contributed by atoms with Gasteiger partial charge in [-0.15, -0.1) is 0 Å². The molecular formula is C13H10FNO2. The molecule has 0 aliphatic rings. The van der Waals surface area contributed by atoms with Crippen LogP contribution >= 0.6 is 0 Å². The van der Waals surface area contributed by atoms with E-state index < -0.39 is 11.8 Å². The molecular weight excluding hydrogens is 221 g/mol. The summed E-state index contributed by atoms with van der Waals surface area (Å²) in [6, 6.07) is 7.61. The van der Waals surface area contributed by atoms with Gasteiger partial charge < -0.3 is 5.11 Å². The lowest BCUT2D eigenvalue weighted by molar-refractivity contribution is 0.0692. The molecule has 0 bridgehead atoms. The van der Waals surface area contributed by atoms with Gasteiger partial charge in [0.2, 0.25) is 0 Å². The summed E-state index contributed by atoms with van der Waals surface area (Å²) in [6.07, 6.45) is 1.63. The Balaban J connectivity index is 2.54. The average molecular weight is 231 g/mol. The van der Waals surface area contributed by atoms with Crippen molar-refractivity contribution in [3.05, 3.63) is 53.6 Å². The Morgan fingerprint density at radius 1 is 1.24 bits per heavy atom. The van der Waals surface area contributed by atoms with E-state index in [0.717, 1.165) is 17.3 Å². The summed E-state index contributed by atoms with van der Waals surface area (Å²) in [5.41, 5.74) is 1.98. The van der Waals surface area contributed by atoms with Crippen LogP contribution in [0.4, 0.5) is 4.39 Å². The number of aryl methyl sites for hydroxylation is 1. The van der Waals surface area contributed by atoms with Crippen LogP contribution in [0, 0.1) is 12.7 Å². The number of hydrogen-bond donors (Lipinski definition) is 1. The minimum absolute atomic E-state index is 0.322. The molecule has 1 N–H and O–H groups in total. The molecule has 0 aliphatic heterocycles. The number of aromatic carboxylic acids is 1. The highest BCUT2D eigenvalue weighted by molar-refractivity contribution is 5.89. The topological polar surface area (TPSA) is 50.2 Å². The third-order valence-corrected chi connectivity index (χ3v) is 2.43. The molecule has 0 atom stereocenters. The molecule has 0 saturated heterocycles. The summed E-state index contributed by atoms with van der Waals surface area (Å²) in [4.78, 5) is 14.9. The zero-order chi connectivity index (χ0) is 12.4. The Hall–Kier alpha value is -2.23. The van der Waals surface area contributed by atoms with Crippen LogP contribution in [0.5, 0.6) is 0 Å². The monoisotopic (exact) mass is 231 g/mol. The quantitative estimate of drug-likeness (QED) is 0.864. The van der Waals surface area contributed by atoms with Gasteiger partial charge >= 0.3 is 5.97 Å². The van der Waals surface area contributed by atoms with Gasteiger partial charge in [-0.05, 0) is 42.3 Å². The van der Waals surface area contributed by atoms with Gasteiger partial charge in [0, 0.05) is 11.9 Å². The van der Waals surface area contributed by atoms with E-state index in [1.807, 2.05) is 13.0 Å². The van der Waals surface area contributed by atoms with E-state index in [2.05, 4.69) is 4.98 Å². The Bertz CT molecular complexity index is 581. The first-order valence-electron chi connectivity index (χ1n) is 5.04. The minimum Gasteiger partial charge on any atom is -0.478 e. The Kier molecular flexibility index (Phi) is 2.87. The molecule has 0 amide bonds. The second-order valence-corrected chi connectivity index (χ2v) is 3.69. The standard InChI is InChI=1S/C13H10FNO2/c1-8-6-10(4-5-15-8)9-2-3-12(14)11(7-9)13(16)17/h2-7H,1H3,(H,16,17). The molecule has 1 aromatic heterocycles. The maximum absolute atomic E-state index is 13.2. The summed E-state index contributed by atoms with van der Waals surface area (Å²) in [6.45, 7) is 1.84. The first kappa shape index (κ1) is 11.3. The van der Waals surface area contributed by atoms with Gasteiger partial charge in [0.15, 0.2) is 0 Å². The van der Waals surface area contributed by atoms with Crippen molar-refractivity contribution < 1.29 is 14.3 Å². The summed E-state index contributed by atoms with van der Waals surface area (Å²) in [7, 11) is 0. The lowest BCUT2D eigenvalue weighted by Crippen LogP contribution is -2.00. The number of rotatable bonds is 2. The van der Waals surface area contributed by atoms with Crippen LogP contribution in [-0.4, -0.2) is 16.1 Å². The van der Waals surface area contributed by atoms with E-state index in [1.165, 1.54) is 6.07 Å². The summed E-state index contributed by atoms with van der Waals surface area (Å²) in [5, 5.41) is 8.84. The fourth-order valence-corrected chi connectivity index (χ4v) is 1.59. The van der Waals surface area contributed by atoms with E-state index in [1.54, 1.807) is 18.3 Å². The molecule has 17 heavy (non-hydrogen) atoms. The second kappa shape index (κ2) is 4.33. The van der Waals surface area contributed by atoms with Crippen LogP contribution in [-0.2, 0) is 0 Å². The number of carbonyl (C=O) groups is 1. The number of pyridine rings is 1. The van der Waals surface area contributed by atoms with Crippen molar-refractivity contribution in [1.82, 2.24) is 4.98 Å². The van der Waals surface area contributed by atoms with Crippen LogP contribution in [0.25, 0.3) is 11.1 Å². The van der Waals surface area contributed by atoms with Crippen LogP contribution < -0.4 is 0 Å². The lowest BCUT2D eigenvalue weighted by Gasteiger charge is -2.04. The van der Waals surface area contributed by atoms with Crippen LogP contribution in [0.3, 0.4) is 0 Å². The van der Waals surface area contributed by atoms with Gasteiger partial charge in [0.05, 0.1) is 5.56 Å². The van der Waals surface area contributed by atoms with E-state index in [9.17, 15) is 9.18 Å². The summed E-state index contributed by atoms with van der Waals surface area (Å²) >= 11 is 0. The number of nitrogens with zero attached hydrogens (tertiary/aromatic N) is 1. The van der Waals surface area contributed by atoms with Crippen molar-refractivity contribution in [3.63, 3.8) is 0 Å². The van der Waals surface area contributed by atoms with Gasteiger partial charge in [-0.25, -0.2) is 9.18 Å². The number of hydrogen-bond acceptors (Lipinski definition) is 2. The fraction of sp³-hybridized carbons (Fsp3) is 0.0769. The minimum atomic E-state index is -1.27. The van der Waals surface area contributed by atoms with Crippen LogP contribution in [0.15, 0.2) is 36.5 Å². The molecule has 1 heterocycles. The van der Waals surface area contributed by atoms with Gasteiger partial charge in [0.25, 0.3) is 0 Å². The Labute approximate surface area is 97.6 Å². The molecule has 86 valence electrons. The number of carboxylic acids is 1. The molecule has 2 rings (SSSR count). The summed E-state index contributed by atoms with van der Waals surface area (Å²) < 4.78 is 13.2. The van der Waals surface area contributed by atoms with E-state index in [-0.39, 0.29) is 5.56 Å².